The van der Waals surface area contributed by atoms with Crippen LogP contribution in [0.2, 0.25) is 0 Å². The molecule has 1 aromatic carbocycles. The van der Waals surface area contributed by atoms with Crippen molar-refractivity contribution in [2.24, 2.45) is 23.2 Å². The van der Waals surface area contributed by atoms with Crippen LogP contribution < -0.4 is 0 Å². The fraction of sp³-hybridized carbons (Fsp3) is 0.568. The Labute approximate surface area is 287 Å². The molecule has 12 nitrogen and oxygen atoms in total. The first kappa shape index (κ1) is 39.0. The number of carbonyl (C=O) groups is 6. The highest BCUT2D eigenvalue weighted by atomic mass is 16.6. The fourth-order valence-corrected chi connectivity index (χ4v) is 7.02. The SMILES string of the molecule is CC(=O)O[C@@H]1[C@@H](OC(C)=O)C(C)(C)C=C[C@H](C)[C@H](OC(C)=O)[C@@]2(OC(C)=O)C[C@@H](C)[C@H](OC(=O)c3ccccc3)[C@@H]2C=C(C)[C@@H]1OC(C)=O. The molecule has 12 heteroatoms. The van der Waals surface area contributed by atoms with Crippen molar-refractivity contribution in [3.05, 3.63) is 59.7 Å². The zero-order chi connectivity index (χ0) is 36.8. The average Bonchev–Trinajstić information content (AvgIpc) is 3.23. The second kappa shape index (κ2) is 15.8. The van der Waals surface area contributed by atoms with Gasteiger partial charge in [0.1, 0.15) is 12.2 Å². The molecule has 0 radical (unpaired) electrons. The Balaban J connectivity index is 2.43. The first-order valence-electron chi connectivity index (χ1n) is 16.3. The fourth-order valence-electron chi connectivity index (χ4n) is 7.02. The van der Waals surface area contributed by atoms with Crippen LogP contribution in [0.1, 0.15) is 86.0 Å². The monoisotopic (exact) mass is 684 g/mol. The third kappa shape index (κ3) is 9.36. The van der Waals surface area contributed by atoms with Crippen molar-refractivity contribution in [2.45, 2.75) is 112 Å². The van der Waals surface area contributed by atoms with Crippen molar-refractivity contribution in [1.82, 2.24) is 0 Å². The molecule has 268 valence electrons. The number of hydrogen-bond acceptors (Lipinski definition) is 12. The normalized spacial score (nSPS) is 30.9. The minimum Gasteiger partial charge on any atom is -0.458 e. The third-order valence-corrected chi connectivity index (χ3v) is 8.90. The summed E-state index contributed by atoms with van der Waals surface area (Å²) in [6.45, 7) is 14.8. The second-order valence-electron chi connectivity index (χ2n) is 13.6. The number of rotatable bonds is 7. The lowest BCUT2D eigenvalue weighted by Gasteiger charge is -2.44. The van der Waals surface area contributed by atoms with E-state index in [1.54, 1.807) is 76.3 Å². The lowest BCUT2D eigenvalue weighted by atomic mass is 9.74. The van der Waals surface area contributed by atoms with Crippen LogP contribution in [-0.2, 0) is 52.4 Å². The molecule has 49 heavy (non-hydrogen) atoms. The Bertz CT molecular complexity index is 1480. The molecule has 0 N–H and O–H groups in total. The van der Waals surface area contributed by atoms with Gasteiger partial charge in [-0.3, -0.25) is 24.0 Å². The summed E-state index contributed by atoms with van der Waals surface area (Å²) in [5, 5.41) is 0. The number of carbonyl (C=O) groups excluding carboxylic acids is 6. The molecule has 0 unspecified atom stereocenters. The van der Waals surface area contributed by atoms with Crippen molar-refractivity contribution < 1.29 is 57.2 Å². The van der Waals surface area contributed by atoms with Gasteiger partial charge in [0, 0.05) is 46.0 Å². The van der Waals surface area contributed by atoms with Crippen LogP contribution in [-0.4, -0.2) is 71.9 Å². The molecule has 0 bridgehead atoms. The quantitative estimate of drug-likeness (QED) is 0.214. The first-order chi connectivity index (χ1) is 22.8. The lowest BCUT2D eigenvalue weighted by molar-refractivity contribution is -0.196. The highest BCUT2D eigenvalue weighted by Crippen LogP contribution is 2.51. The summed E-state index contributed by atoms with van der Waals surface area (Å²) >= 11 is 0. The molecule has 9 atom stereocenters. The van der Waals surface area contributed by atoms with Crippen molar-refractivity contribution in [1.29, 1.82) is 0 Å². The predicted molar refractivity (Wildman–Crippen MR) is 175 cm³/mol. The Morgan fingerprint density at radius 1 is 0.694 bits per heavy atom. The Kier molecular flexibility index (Phi) is 12.6. The van der Waals surface area contributed by atoms with Crippen molar-refractivity contribution >= 4 is 35.8 Å². The highest BCUT2D eigenvalue weighted by Gasteiger charge is 2.62. The van der Waals surface area contributed by atoms with Crippen molar-refractivity contribution in [2.75, 3.05) is 0 Å². The maximum absolute atomic E-state index is 13.5. The molecule has 0 aromatic heterocycles. The van der Waals surface area contributed by atoms with Gasteiger partial charge >= 0.3 is 35.8 Å². The summed E-state index contributed by atoms with van der Waals surface area (Å²) in [7, 11) is 0. The smallest absolute Gasteiger partial charge is 0.338 e. The van der Waals surface area contributed by atoms with Crippen LogP contribution in [0.15, 0.2) is 54.1 Å². The summed E-state index contributed by atoms with van der Waals surface area (Å²) in [5.41, 5.74) is -2.05. The summed E-state index contributed by atoms with van der Waals surface area (Å²) in [6, 6.07) is 8.37. The molecule has 0 amide bonds. The van der Waals surface area contributed by atoms with Crippen LogP contribution >= 0.6 is 0 Å². The van der Waals surface area contributed by atoms with Gasteiger partial charge in [-0.15, -0.1) is 0 Å². The van der Waals surface area contributed by atoms with Crippen molar-refractivity contribution in [3.8, 4) is 0 Å². The molecule has 0 aliphatic heterocycles. The van der Waals surface area contributed by atoms with Crippen LogP contribution in [0.25, 0.3) is 0 Å². The van der Waals surface area contributed by atoms with Gasteiger partial charge in [-0.1, -0.05) is 64.1 Å². The van der Waals surface area contributed by atoms with E-state index < -0.39 is 95.1 Å². The zero-order valence-electron chi connectivity index (χ0n) is 29.8. The molecule has 0 heterocycles. The maximum Gasteiger partial charge on any atom is 0.338 e. The summed E-state index contributed by atoms with van der Waals surface area (Å²) in [6.07, 6.45) is -0.641. The van der Waals surface area contributed by atoms with E-state index in [-0.39, 0.29) is 6.42 Å². The van der Waals surface area contributed by atoms with Gasteiger partial charge in [-0.2, -0.15) is 0 Å². The van der Waals surface area contributed by atoms with Gasteiger partial charge in [0.2, 0.25) is 0 Å². The number of benzene rings is 1. The van der Waals surface area contributed by atoms with Crippen LogP contribution in [0.3, 0.4) is 0 Å². The maximum atomic E-state index is 13.5. The van der Waals surface area contributed by atoms with Gasteiger partial charge in [0.15, 0.2) is 23.9 Å². The van der Waals surface area contributed by atoms with Gasteiger partial charge in [0.25, 0.3) is 0 Å². The average molecular weight is 685 g/mol. The van der Waals surface area contributed by atoms with E-state index in [4.69, 9.17) is 28.4 Å². The van der Waals surface area contributed by atoms with Crippen LogP contribution in [0, 0.1) is 23.2 Å². The summed E-state index contributed by atoms with van der Waals surface area (Å²) < 4.78 is 35.8. The molecule has 0 spiro atoms. The molecule has 1 fully saturated rings. The van der Waals surface area contributed by atoms with E-state index in [0.29, 0.717) is 11.1 Å². The molecular formula is C37H48O12. The van der Waals surface area contributed by atoms with E-state index >= 15 is 0 Å². The summed E-state index contributed by atoms with van der Waals surface area (Å²) in [5.74, 6) is -6.08. The Hall–Kier alpha value is -4.48. The lowest BCUT2D eigenvalue weighted by Crippen LogP contribution is -2.56. The molecule has 2 aliphatic carbocycles. The number of hydrogen-bond donors (Lipinski definition) is 0. The van der Waals surface area contributed by atoms with Gasteiger partial charge in [0.05, 0.1) is 11.5 Å². The van der Waals surface area contributed by atoms with Gasteiger partial charge in [-0.25, -0.2) is 4.79 Å². The molecule has 1 aromatic rings. The van der Waals surface area contributed by atoms with Gasteiger partial charge < -0.3 is 28.4 Å². The first-order valence-corrected chi connectivity index (χ1v) is 16.3. The van der Waals surface area contributed by atoms with Gasteiger partial charge in [-0.05, 0) is 37.0 Å². The second-order valence-corrected chi connectivity index (χ2v) is 13.6. The molecule has 0 saturated heterocycles. The van der Waals surface area contributed by atoms with Crippen LogP contribution in [0.4, 0.5) is 0 Å². The molecular weight excluding hydrogens is 636 g/mol. The predicted octanol–water partition coefficient (Wildman–Crippen LogP) is 5.08. The van der Waals surface area contributed by atoms with E-state index in [1.807, 2.05) is 6.92 Å². The molecule has 3 rings (SSSR count). The van der Waals surface area contributed by atoms with Crippen LogP contribution in [0.5, 0.6) is 0 Å². The topological polar surface area (TPSA) is 158 Å². The Morgan fingerprint density at radius 2 is 1.24 bits per heavy atom. The minimum absolute atomic E-state index is 0.120. The number of esters is 6. The summed E-state index contributed by atoms with van der Waals surface area (Å²) in [4.78, 5) is 76.8. The number of fused-ring (bicyclic) bond motifs is 1. The van der Waals surface area contributed by atoms with E-state index in [0.717, 1.165) is 0 Å². The third-order valence-electron chi connectivity index (χ3n) is 8.90. The largest absolute Gasteiger partial charge is 0.458 e. The molecule has 1 saturated carbocycles. The van der Waals surface area contributed by atoms with E-state index in [1.165, 1.54) is 34.6 Å². The molecule has 2 aliphatic rings. The standard InChI is InChI=1S/C37H48O12/c1-20-16-17-36(9,10)34(47-26(7)41)32(45-24(5)39)31(44-23(4)38)21(2)18-29-30(48-35(43)28-14-12-11-13-15-28)22(3)19-37(29,49-27(8)42)33(20)46-25(6)40/h11-18,20,22,29-34H,19H2,1-10H3/t20-,22+,29-,30-,31-,32-,33-,34+,37+/m0/s1. The zero-order valence-corrected chi connectivity index (χ0v) is 29.8. The van der Waals surface area contributed by atoms with Crippen molar-refractivity contribution in [3.63, 3.8) is 0 Å². The van der Waals surface area contributed by atoms with E-state index in [9.17, 15) is 28.8 Å². The Morgan fingerprint density at radius 3 is 1.78 bits per heavy atom. The van der Waals surface area contributed by atoms with E-state index in [2.05, 4.69) is 0 Å². The number of ether oxygens (including phenoxy) is 6. The minimum atomic E-state index is -1.58. The highest BCUT2D eigenvalue weighted by molar-refractivity contribution is 5.89.